The predicted octanol–water partition coefficient (Wildman–Crippen LogP) is 4.92. The summed E-state index contributed by atoms with van der Waals surface area (Å²) in [6.07, 6.45) is 4.30. The van der Waals surface area contributed by atoms with Crippen LogP contribution in [0.15, 0.2) is 90.6 Å². The number of carbonyl (C=O) groups is 3. The fourth-order valence-corrected chi connectivity index (χ4v) is 4.24. The predicted molar refractivity (Wildman–Crippen MR) is 132 cm³/mol. The lowest BCUT2D eigenvalue weighted by atomic mass is 10.0. The number of hydrogen-bond donors (Lipinski definition) is 1. The summed E-state index contributed by atoms with van der Waals surface area (Å²) in [7, 11) is 0. The van der Waals surface area contributed by atoms with Crippen molar-refractivity contribution in [2.24, 2.45) is 0 Å². The summed E-state index contributed by atoms with van der Waals surface area (Å²) in [4.78, 5) is 39.3. The molecule has 0 spiro atoms. The molecular weight excluding hydrogens is 426 g/mol. The van der Waals surface area contributed by atoms with Gasteiger partial charge in [-0.05, 0) is 58.7 Å². The van der Waals surface area contributed by atoms with E-state index in [1.807, 2.05) is 60.2 Å². The Bertz CT molecular complexity index is 1440. The van der Waals surface area contributed by atoms with Crippen LogP contribution in [0.1, 0.15) is 23.7 Å². The number of barbiturate groups is 1. The number of anilines is 1. The highest BCUT2D eigenvalue weighted by molar-refractivity contribution is 6.39. The number of carbonyl (C=O) groups excluding carboxylic acids is 3. The third-order valence-electron chi connectivity index (χ3n) is 6.08. The van der Waals surface area contributed by atoms with Gasteiger partial charge >= 0.3 is 6.03 Å². The fraction of sp³-hybridized carbons (Fsp3) is 0.107. The summed E-state index contributed by atoms with van der Waals surface area (Å²) in [5.74, 6) is -1.34. The minimum atomic E-state index is -0.748. The molecule has 1 N–H and O–H groups in total. The van der Waals surface area contributed by atoms with Crippen LogP contribution in [-0.4, -0.2) is 22.4 Å². The molecule has 1 saturated heterocycles. The second kappa shape index (κ2) is 8.83. The maximum Gasteiger partial charge on any atom is 0.335 e. The van der Waals surface area contributed by atoms with Crippen molar-refractivity contribution in [3.8, 4) is 0 Å². The first-order chi connectivity index (χ1) is 16.5. The number of aryl methyl sites for hydroxylation is 1. The number of imide groups is 2. The summed E-state index contributed by atoms with van der Waals surface area (Å²) in [6, 6.07) is 24.5. The number of aromatic nitrogens is 1. The molecule has 0 saturated carbocycles. The van der Waals surface area contributed by atoms with Gasteiger partial charge in [-0.15, -0.1) is 0 Å². The molecule has 4 aromatic rings. The van der Waals surface area contributed by atoms with Crippen LogP contribution in [0.4, 0.5) is 10.5 Å². The normalized spacial score (nSPS) is 15.3. The number of urea groups is 1. The van der Waals surface area contributed by atoms with Crippen LogP contribution < -0.4 is 10.2 Å². The smallest absolute Gasteiger partial charge is 0.335 e. The van der Waals surface area contributed by atoms with Gasteiger partial charge in [0.15, 0.2) is 0 Å². The lowest BCUT2D eigenvalue weighted by molar-refractivity contribution is -0.122. The van der Waals surface area contributed by atoms with Gasteiger partial charge in [0.1, 0.15) is 5.57 Å². The van der Waals surface area contributed by atoms with Crippen molar-refractivity contribution < 1.29 is 14.4 Å². The van der Waals surface area contributed by atoms with Gasteiger partial charge in [0.05, 0.1) is 5.69 Å². The highest BCUT2D eigenvalue weighted by atomic mass is 16.2. The van der Waals surface area contributed by atoms with Crippen molar-refractivity contribution in [2.75, 3.05) is 4.90 Å². The number of benzene rings is 3. The Hall–Kier alpha value is -4.45. The van der Waals surface area contributed by atoms with Gasteiger partial charge in [-0.25, -0.2) is 9.69 Å². The Kier molecular flexibility index (Phi) is 5.55. The Labute approximate surface area is 197 Å². The van der Waals surface area contributed by atoms with E-state index in [2.05, 4.69) is 29.6 Å². The van der Waals surface area contributed by atoms with Crippen molar-refractivity contribution in [2.45, 2.75) is 19.9 Å². The summed E-state index contributed by atoms with van der Waals surface area (Å²) >= 11 is 0. The number of rotatable bonds is 5. The van der Waals surface area contributed by atoms with E-state index in [1.165, 1.54) is 0 Å². The van der Waals surface area contributed by atoms with E-state index < -0.39 is 17.8 Å². The summed E-state index contributed by atoms with van der Waals surface area (Å²) in [6.45, 7) is 2.60. The number of nitrogens with zero attached hydrogens (tertiary/aromatic N) is 2. The van der Waals surface area contributed by atoms with Gasteiger partial charge in [-0.3, -0.25) is 14.9 Å². The fourth-order valence-electron chi connectivity index (χ4n) is 4.24. The molecule has 0 radical (unpaired) electrons. The first kappa shape index (κ1) is 21.4. The van der Waals surface area contributed by atoms with Crippen LogP contribution >= 0.6 is 0 Å². The third-order valence-corrected chi connectivity index (χ3v) is 6.08. The number of nitrogens with one attached hydrogen (secondary N) is 1. The zero-order valence-corrected chi connectivity index (χ0v) is 18.7. The maximum absolute atomic E-state index is 13.2. The van der Waals surface area contributed by atoms with Crippen molar-refractivity contribution >= 4 is 40.4 Å². The van der Waals surface area contributed by atoms with E-state index >= 15 is 0 Å². The molecule has 6 nitrogen and oxygen atoms in total. The zero-order valence-electron chi connectivity index (χ0n) is 18.7. The maximum atomic E-state index is 13.2. The average Bonchev–Trinajstić information content (AvgIpc) is 3.29. The van der Waals surface area contributed by atoms with Crippen LogP contribution in [0.2, 0.25) is 0 Å². The SMILES string of the molecule is CCc1ccc(N2C(=O)NC(=O)/C(=C\c3cccn3Cc3cccc4ccccc34)C2=O)cc1. The third kappa shape index (κ3) is 3.90. The van der Waals surface area contributed by atoms with Crippen molar-refractivity contribution in [1.82, 2.24) is 9.88 Å². The quantitative estimate of drug-likeness (QED) is 0.347. The van der Waals surface area contributed by atoms with Gasteiger partial charge in [-0.1, -0.05) is 61.5 Å². The van der Waals surface area contributed by atoms with Crippen LogP contribution in [0, 0.1) is 0 Å². The van der Waals surface area contributed by atoms with Crippen molar-refractivity contribution in [1.29, 1.82) is 0 Å². The number of fused-ring (bicyclic) bond motifs is 1. The molecule has 5 rings (SSSR count). The van der Waals surface area contributed by atoms with Gasteiger partial charge in [0.2, 0.25) is 0 Å². The molecule has 3 aromatic carbocycles. The second-order valence-electron chi connectivity index (χ2n) is 8.18. The van der Waals surface area contributed by atoms with E-state index in [0.29, 0.717) is 17.9 Å². The number of hydrogen-bond acceptors (Lipinski definition) is 3. The molecular formula is C28H23N3O3. The van der Waals surface area contributed by atoms with Gasteiger partial charge < -0.3 is 4.57 Å². The largest absolute Gasteiger partial charge is 0.344 e. The lowest BCUT2D eigenvalue weighted by Crippen LogP contribution is -2.54. The minimum absolute atomic E-state index is 0.0861. The monoisotopic (exact) mass is 449 g/mol. The molecule has 1 aliphatic heterocycles. The first-order valence-corrected chi connectivity index (χ1v) is 11.2. The van der Waals surface area contributed by atoms with Crippen LogP contribution in [-0.2, 0) is 22.6 Å². The standard InChI is InChI=1S/C28H23N3O3/c1-2-19-12-14-22(15-13-19)31-27(33)25(26(32)29-28(31)34)17-23-10-6-16-30(23)18-21-9-5-8-20-7-3-4-11-24(20)21/h3-17H,2,18H2,1H3,(H,29,32,34)/b25-17+. The summed E-state index contributed by atoms with van der Waals surface area (Å²) in [5, 5.41) is 4.59. The average molecular weight is 450 g/mol. The molecule has 2 heterocycles. The van der Waals surface area contributed by atoms with Crippen LogP contribution in [0.3, 0.4) is 0 Å². The summed E-state index contributed by atoms with van der Waals surface area (Å²) < 4.78 is 1.98. The van der Waals surface area contributed by atoms with Crippen LogP contribution in [0.5, 0.6) is 0 Å². The van der Waals surface area contributed by atoms with E-state index in [9.17, 15) is 14.4 Å². The molecule has 0 aliphatic carbocycles. The van der Waals surface area contributed by atoms with Crippen LogP contribution in [0.25, 0.3) is 16.8 Å². The van der Waals surface area contributed by atoms with E-state index in [4.69, 9.17) is 0 Å². The Morgan fingerprint density at radius 2 is 1.62 bits per heavy atom. The first-order valence-electron chi connectivity index (χ1n) is 11.2. The van der Waals surface area contributed by atoms with Gasteiger partial charge in [0, 0.05) is 18.4 Å². The molecule has 6 heteroatoms. The second-order valence-corrected chi connectivity index (χ2v) is 8.18. The zero-order chi connectivity index (χ0) is 23.7. The highest BCUT2D eigenvalue weighted by Crippen LogP contribution is 2.24. The molecule has 1 aliphatic rings. The number of amides is 4. The molecule has 0 atom stereocenters. The van der Waals surface area contributed by atoms with E-state index in [1.54, 1.807) is 18.2 Å². The molecule has 168 valence electrons. The Balaban J connectivity index is 1.48. The molecule has 1 aromatic heterocycles. The van der Waals surface area contributed by atoms with Crippen molar-refractivity contribution in [3.63, 3.8) is 0 Å². The molecule has 34 heavy (non-hydrogen) atoms. The molecule has 1 fully saturated rings. The van der Waals surface area contributed by atoms with Gasteiger partial charge in [-0.2, -0.15) is 0 Å². The lowest BCUT2D eigenvalue weighted by Gasteiger charge is -2.26. The van der Waals surface area contributed by atoms with E-state index in [0.717, 1.165) is 33.2 Å². The minimum Gasteiger partial charge on any atom is -0.344 e. The topological polar surface area (TPSA) is 71.4 Å². The highest BCUT2D eigenvalue weighted by Gasteiger charge is 2.36. The molecule has 0 unspecified atom stereocenters. The Morgan fingerprint density at radius 1 is 0.853 bits per heavy atom. The summed E-state index contributed by atoms with van der Waals surface area (Å²) in [5.41, 5.74) is 3.25. The van der Waals surface area contributed by atoms with Crippen molar-refractivity contribution in [3.05, 3.63) is 107 Å². The Morgan fingerprint density at radius 3 is 2.41 bits per heavy atom. The molecule has 0 bridgehead atoms. The molecule has 4 amide bonds. The van der Waals surface area contributed by atoms with Gasteiger partial charge in [0.25, 0.3) is 11.8 Å². The van der Waals surface area contributed by atoms with E-state index in [-0.39, 0.29) is 5.57 Å².